The van der Waals surface area contributed by atoms with Crippen molar-refractivity contribution in [3.05, 3.63) is 60.2 Å². The van der Waals surface area contributed by atoms with Crippen LogP contribution in [0.1, 0.15) is 57.4 Å². The molecule has 2 nitrogen and oxygen atoms in total. The van der Waals surface area contributed by atoms with Crippen molar-refractivity contribution in [2.24, 2.45) is 17.4 Å². The van der Waals surface area contributed by atoms with E-state index in [0.717, 1.165) is 25.1 Å². The Morgan fingerprint density at radius 1 is 0.926 bits per heavy atom. The van der Waals surface area contributed by atoms with Gasteiger partial charge in [-0.1, -0.05) is 86.6 Å². The van der Waals surface area contributed by atoms with Crippen LogP contribution < -0.4 is 11.5 Å². The lowest BCUT2D eigenvalue weighted by Crippen LogP contribution is -2.42. The molecule has 0 aliphatic heterocycles. The Labute approximate surface area is 167 Å². The summed E-state index contributed by atoms with van der Waals surface area (Å²) in [6.07, 6.45) is 9.73. The van der Waals surface area contributed by atoms with Gasteiger partial charge >= 0.3 is 0 Å². The highest BCUT2D eigenvalue weighted by Gasteiger charge is 2.31. The summed E-state index contributed by atoms with van der Waals surface area (Å²) in [5.74, 6) is 0.769. The van der Waals surface area contributed by atoms with Crippen LogP contribution in [-0.2, 0) is 6.54 Å². The molecule has 1 atom stereocenters. The third kappa shape index (κ3) is 7.16. The lowest BCUT2D eigenvalue weighted by Gasteiger charge is -2.31. The highest BCUT2D eigenvalue weighted by atomic mass is 14.7. The van der Waals surface area contributed by atoms with Gasteiger partial charge in [0.25, 0.3) is 0 Å². The van der Waals surface area contributed by atoms with Gasteiger partial charge in [0.15, 0.2) is 0 Å². The molecule has 2 radical (unpaired) electrons. The van der Waals surface area contributed by atoms with Gasteiger partial charge in [0.1, 0.15) is 0 Å². The van der Waals surface area contributed by atoms with E-state index in [-0.39, 0.29) is 5.54 Å². The standard InChI is InChI=1S/C13H13N.C11H22BN/c14-10-11-6-8-13(9-7-11)12-4-2-1-3-5-12;1-11(13,8-4-5-9-12)10-6-2-3-7-10/h1-9H,10,14H2;10H,2-9,13H2,1H3. The van der Waals surface area contributed by atoms with Crippen molar-refractivity contribution in [1.82, 2.24) is 0 Å². The van der Waals surface area contributed by atoms with Crippen LogP contribution in [0.15, 0.2) is 54.6 Å². The first kappa shape index (κ1) is 21.7. The van der Waals surface area contributed by atoms with Crippen molar-refractivity contribution in [3.63, 3.8) is 0 Å². The average Bonchev–Trinajstić information content (AvgIpc) is 3.25. The smallest absolute Gasteiger partial charge is 0.0653 e. The summed E-state index contributed by atoms with van der Waals surface area (Å²) in [5.41, 5.74) is 15.6. The molecule has 2 aromatic carbocycles. The molecule has 1 aliphatic carbocycles. The monoisotopic (exact) mass is 362 g/mol. The molecule has 0 aromatic heterocycles. The molecular weight excluding hydrogens is 327 g/mol. The van der Waals surface area contributed by atoms with Gasteiger partial charge in [0, 0.05) is 12.1 Å². The Hall–Kier alpha value is -1.58. The third-order valence-corrected chi connectivity index (χ3v) is 5.75. The van der Waals surface area contributed by atoms with E-state index in [0.29, 0.717) is 6.54 Å². The summed E-state index contributed by atoms with van der Waals surface area (Å²) in [7, 11) is 5.47. The Kier molecular flexibility index (Phi) is 9.10. The maximum atomic E-state index is 6.32. The predicted molar refractivity (Wildman–Crippen MR) is 119 cm³/mol. The van der Waals surface area contributed by atoms with Gasteiger partial charge in [-0.3, -0.25) is 0 Å². The lowest BCUT2D eigenvalue weighted by atomic mass is 9.80. The molecule has 1 saturated carbocycles. The Morgan fingerprint density at radius 3 is 2.07 bits per heavy atom. The van der Waals surface area contributed by atoms with E-state index in [1.807, 2.05) is 18.2 Å². The molecule has 1 unspecified atom stereocenters. The van der Waals surface area contributed by atoms with Crippen LogP contribution >= 0.6 is 0 Å². The highest BCUT2D eigenvalue weighted by molar-refractivity contribution is 6.08. The number of rotatable bonds is 7. The van der Waals surface area contributed by atoms with Gasteiger partial charge in [0.05, 0.1) is 7.85 Å². The molecule has 3 rings (SSSR count). The van der Waals surface area contributed by atoms with Crippen molar-refractivity contribution < 1.29 is 0 Å². The van der Waals surface area contributed by atoms with E-state index < -0.39 is 0 Å². The minimum Gasteiger partial charge on any atom is -0.326 e. The second-order valence-corrected chi connectivity index (χ2v) is 8.00. The molecular formula is C24H35BN2. The highest BCUT2D eigenvalue weighted by Crippen LogP contribution is 2.35. The summed E-state index contributed by atoms with van der Waals surface area (Å²) in [5, 5.41) is 0. The normalized spacial score (nSPS) is 16.4. The van der Waals surface area contributed by atoms with Crippen molar-refractivity contribution in [2.45, 2.75) is 70.3 Å². The Morgan fingerprint density at radius 2 is 1.52 bits per heavy atom. The van der Waals surface area contributed by atoms with E-state index >= 15 is 0 Å². The zero-order valence-corrected chi connectivity index (χ0v) is 16.9. The van der Waals surface area contributed by atoms with Crippen molar-refractivity contribution in [2.75, 3.05) is 0 Å². The molecule has 1 fully saturated rings. The molecule has 2 aromatic rings. The predicted octanol–water partition coefficient (Wildman–Crippen LogP) is 5.46. The Balaban J connectivity index is 0.000000194. The third-order valence-electron chi connectivity index (χ3n) is 5.75. The summed E-state index contributed by atoms with van der Waals surface area (Å²) in [4.78, 5) is 0. The van der Waals surface area contributed by atoms with Crippen LogP contribution in [0, 0.1) is 5.92 Å². The van der Waals surface area contributed by atoms with Gasteiger partial charge in [0.2, 0.25) is 0 Å². The van der Waals surface area contributed by atoms with Crippen LogP contribution in [0.4, 0.5) is 0 Å². The van der Waals surface area contributed by atoms with Crippen LogP contribution in [-0.4, -0.2) is 13.4 Å². The molecule has 0 saturated heterocycles. The zero-order valence-electron chi connectivity index (χ0n) is 16.9. The fourth-order valence-corrected chi connectivity index (χ4v) is 3.90. The van der Waals surface area contributed by atoms with Crippen molar-refractivity contribution in [3.8, 4) is 11.1 Å². The van der Waals surface area contributed by atoms with Gasteiger partial charge in [-0.2, -0.15) is 0 Å². The number of hydrogen-bond donors (Lipinski definition) is 2. The fraction of sp³-hybridized carbons (Fsp3) is 0.500. The SMILES string of the molecule is NCc1ccc(-c2ccccc2)cc1.[B]CCCCC(C)(N)C1CCCC1. The topological polar surface area (TPSA) is 52.0 Å². The maximum Gasteiger partial charge on any atom is 0.0653 e. The minimum atomic E-state index is 0.0751. The maximum absolute atomic E-state index is 6.32. The van der Waals surface area contributed by atoms with Crippen LogP contribution in [0.5, 0.6) is 0 Å². The van der Waals surface area contributed by atoms with Gasteiger partial charge in [-0.25, -0.2) is 0 Å². The number of unbranched alkanes of at least 4 members (excludes halogenated alkanes) is 1. The van der Waals surface area contributed by atoms with E-state index in [9.17, 15) is 0 Å². The summed E-state index contributed by atoms with van der Waals surface area (Å²) in [6.45, 7) is 2.83. The molecule has 3 heteroatoms. The van der Waals surface area contributed by atoms with Gasteiger partial charge < -0.3 is 11.5 Å². The molecule has 1 aliphatic rings. The van der Waals surface area contributed by atoms with Crippen LogP contribution in [0.3, 0.4) is 0 Å². The van der Waals surface area contributed by atoms with Crippen LogP contribution in [0.2, 0.25) is 6.32 Å². The first-order valence-electron chi connectivity index (χ1n) is 10.4. The molecule has 0 spiro atoms. The van der Waals surface area contributed by atoms with E-state index in [2.05, 4.69) is 43.3 Å². The van der Waals surface area contributed by atoms with E-state index in [4.69, 9.17) is 19.3 Å². The summed E-state index contributed by atoms with van der Waals surface area (Å²) in [6, 6.07) is 18.7. The average molecular weight is 362 g/mol. The molecule has 0 heterocycles. The summed E-state index contributed by atoms with van der Waals surface area (Å²) < 4.78 is 0. The second-order valence-electron chi connectivity index (χ2n) is 8.00. The van der Waals surface area contributed by atoms with Crippen molar-refractivity contribution >= 4 is 7.85 Å². The van der Waals surface area contributed by atoms with Gasteiger partial charge in [-0.15, -0.1) is 0 Å². The first-order valence-corrected chi connectivity index (χ1v) is 10.4. The van der Waals surface area contributed by atoms with Crippen molar-refractivity contribution in [1.29, 1.82) is 0 Å². The zero-order chi connectivity index (χ0) is 19.5. The number of nitrogens with two attached hydrogens (primary N) is 2. The molecule has 0 amide bonds. The second kappa shape index (κ2) is 11.3. The molecule has 0 bridgehead atoms. The first-order chi connectivity index (χ1) is 13.1. The summed E-state index contributed by atoms with van der Waals surface area (Å²) >= 11 is 0. The Bertz CT molecular complexity index is 631. The molecule has 144 valence electrons. The fourth-order valence-electron chi connectivity index (χ4n) is 3.90. The lowest BCUT2D eigenvalue weighted by molar-refractivity contribution is 0.274. The minimum absolute atomic E-state index is 0.0751. The number of hydrogen-bond acceptors (Lipinski definition) is 2. The van der Waals surface area contributed by atoms with Crippen LogP contribution in [0.25, 0.3) is 11.1 Å². The molecule has 27 heavy (non-hydrogen) atoms. The van der Waals surface area contributed by atoms with Gasteiger partial charge in [-0.05, 0) is 48.8 Å². The number of benzene rings is 2. The molecule has 4 N–H and O–H groups in total. The largest absolute Gasteiger partial charge is 0.326 e. The van der Waals surface area contributed by atoms with E-state index in [1.54, 1.807) is 0 Å². The quantitative estimate of drug-likeness (QED) is 0.507. The van der Waals surface area contributed by atoms with E-state index in [1.165, 1.54) is 48.8 Å².